The molecule has 8 nitrogen and oxygen atoms in total. The molecule has 1 amide bonds. The van der Waals surface area contributed by atoms with Crippen LogP contribution in [0.1, 0.15) is 21.5 Å². The number of aromatic nitrogens is 4. The predicted molar refractivity (Wildman–Crippen MR) is 103 cm³/mol. The summed E-state index contributed by atoms with van der Waals surface area (Å²) < 4.78 is 40.9. The van der Waals surface area contributed by atoms with E-state index in [9.17, 15) is 22.8 Å². The smallest absolute Gasteiger partial charge is 0.360 e. The van der Waals surface area contributed by atoms with Crippen molar-refractivity contribution in [1.29, 1.82) is 0 Å². The van der Waals surface area contributed by atoms with Gasteiger partial charge in [-0.15, -0.1) is 5.10 Å². The summed E-state index contributed by atoms with van der Waals surface area (Å²) >= 11 is 0. The van der Waals surface area contributed by atoms with Gasteiger partial charge in [-0.2, -0.15) is 18.3 Å². The van der Waals surface area contributed by atoms with Gasteiger partial charge in [-0.1, -0.05) is 17.3 Å². The third-order valence-corrected chi connectivity index (χ3v) is 4.48. The third kappa shape index (κ3) is 3.41. The minimum Gasteiger partial charge on any atom is -0.360 e. The van der Waals surface area contributed by atoms with Crippen molar-refractivity contribution in [3.8, 4) is 0 Å². The molecule has 2 N–H and O–H groups in total. The number of amides is 1. The fraction of sp³-hybridized carbons (Fsp3) is 0.105. The van der Waals surface area contributed by atoms with Crippen molar-refractivity contribution in [3.05, 3.63) is 69.5 Å². The molecule has 0 aliphatic carbocycles. The molecule has 30 heavy (non-hydrogen) atoms. The van der Waals surface area contributed by atoms with Gasteiger partial charge in [0.25, 0.3) is 5.91 Å². The first-order valence-electron chi connectivity index (χ1n) is 8.60. The van der Waals surface area contributed by atoms with Crippen LogP contribution in [0.3, 0.4) is 0 Å². The van der Waals surface area contributed by atoms with Crippen LogP contribution in [0.4, 0.5) is 13.2 Å². The highest BCUT2D eigenvalue weighted by Gasteiger charge is 2.33. The van der Waals surface area contributed by atoms with Crippen LogP contribution in [0.5, 0.6) is 0 Å². The van der Waals surface area contributed by atoms with E-state index in [0.717, 1.165) is 23.8 Å². The van der Waals surface area contributed by atoms with Crippen LogP contribution < -0.4 is 10.9 Å². The number of rotatable bonds is 3. The minimum atomic E-state index is -4.64. The van der Waals surface area contributed by atoms with E-state index in [1.54, 1.807) is 29.9 Å². The molecule has 0 bridgehead atoms. The van der Waals surface area contributed by atoms with Gasteiger partial charge in [-0.3, -0.25) is 9.59 Å². The average molecular weight is 414 g/mol. The summed E-state index contributed by atoms with van der Waals surface area (Å²) in [6.45, 7) is 0. The molecule has 0 unspecified atom stereocenters. The molecular formula is C19H13F3N6O2. The number of fused-ring (bicyclic) bond motifs is 2. The second kappa shape index (κ2) is 7.10. The molecule has 0 saturated carbocycles. The second-order valence-electron chi connectivity index (χ2n) is 6.42. The van der Waals surface area contributed by atoms with Gasteiger partial charge in [-0.05, 0) is 29.8 Å². The van der Waals surface area contributed by atoms with E-state index >= 15 is 0 Å². The molecule has 4 aromatic rings. The number of halogens is 3. The molecule has 0 atom stereocenters. The number of nitrogens with one attached hydrogen (secondary N) is 2. The Kier molecular flexibility index (Phi) is 4.57. The van der Waals surface area contributed by atoms with Crippen molar-refractivity contribution in [2.75, 3.05) is 0 Å². The molecule has 11 heteroatoms. The van der Waals surface area contributed by atoms with Crippen molar-refractivity contribution in [2.45, 2.75) is 6.18 Å². The number of alkyl halides is 3. The van der Waals surface area contributed by atoms with Crippen molar-refractivity contribution < 1.29 is 18.0 Å². The van der Waals surface area contributed by atoms with Gasteiger partial charge in [0, 0.05) is 18.6 Å². The maximum atomic E-state index is 13.1. The van der Waals surface area contributed by atoms with Crippen molar-refractivity contribution in [1.82, 2.24) is 25.4 Å². The number of para-hydroxylation sites is 1. The molecule has 2 aromatic carbocycles. The molecule has 0 spiro atoms. The lowest BCUT2D eigenvalue weighted by Gasteiger charge is -2.10. The fourth-order valence-corrected chi connectivity index (χ4v) is 3.02. The molecular weight excluding hydrogens is 401 g/mol. The average Bonchev–Trinajstić information content (AvgIpc) is 3.07. The lowest BCUT2D eigenvalue weighted by atomic mass is 10.1. The maximum Gasteiger partial charge on any atom is 0.418 e. The van der Waals surface area contributed by atoms with E-state index in [0.29, 0.717) is 11.1 Å². The Balaban J connectivity index is 1.59. The van der Waals surface area contributed by atoms with Gasteiger partial charge in [-0.25, -0.2) is 10.1 Å². The third-order valence-electron chi connectivity index (χ3n) is 4.48. The SMILES string of the molecule is Cn1nnc2cc(/C=N\NC(=O)c3c[nH]c4c(C(F)(F)F)cccc4c3=O)ccc21. The summed E-state index contributed by atoms with van der Waals surface area (Å²) in [5.41, 5.74) is 1.73. The Bertz CT molecular complexity index is 1370. The molecule has 0 radical (unpaired) electrons. The summed E-state index contributed by atoms with van der Waals surface area (Å²) in [4.78, 5) is 27.2. The van der Waals surface area contributed by atoms with E-state index in [-0.39, 0.29) is 16.5 Å². The van der Waals surface area contributed by atoms with Gasteiger partial charge < -0.3 is 4.98 Å². The number of carbonyl (C=O) groups excluding carboxylic acids is 1. The van der Waals surface area contributed by atoms with E-state index < -0.39 is 23.1 Å². The van der Waals surface area contributed by atoms with Crippen LogP contribution in [0.15, 0.2) is 52.5 Å². The van der Waals surface area contributed by atoms with Crippen LogP contribution in [-0.4, -0.2) is 32.1 Å². The Morgan fingerprint density at radius 1 is 1.27 bits per heavy atom. The fourth-order valence-electron chi connectivity index (χ4n) is 3.02. The second-order valence-corrected chi connectivity index (χ2v) is 6.42. The highest BCUT2D eigenvalue weighted by molar-refractivity contribution is 5.98. The van der Waals surface area contributed by atoms with Gasteiger partial charge in [0.05, 0.1) is 22.8 Å². The number of pyridine rings is 1. The lowest BCUT2D eigenvalue weighted by Crippen LogP contribution is -2.25. The highest BCUT2D eigenvalue weighted by atomic mass is 19.4. The van der Waals surface area contributed by atoms with Gasteiger partial charge in [0.15, 0.2) is 0 Å². The topological polar surface area (TPSA) is 105 Å². The summed E-state index contributed by atoms with van der Waals surface area (Å²) in [6.07, 6.45) is -2.35. The maximum absolute atomic E-state index is 13.1. The van der Waals surface area contributed by atoms with Gasteiger partial charge >= 0.3 is 6.18 Å². The Morgan fingerprint density at radius 3 is 2.83 bits per heavy atom. The largest absolute Gasteiger partial charge is 0.418 e. The Hall–Kier alpha value is -4.02. The number of benzene rings is 2. The number of H-pyrrole nitrogens is 1. The summed E-state index contributed by atoms with van der Waals surface area (Å²) in [5.74, 6) is -0.854. The summed E-state index contributed by atoms with van der Waals surface area (Å²) in [6, 6.07) is 8.42. The van der Waals surface area contributed by atoms with Crippen molar-refractivity contribution >= 4 is 34.1 Å². The number of hydrogen-bond acceptors (Lipinski definition) is 5. The zero-order valence-corrected chi connectivity index (χ0v) is 15.4. The van der Waals surface area contributed by atoms with E-state index in [2.05, 4.69) is 25.8 Å². The van der Waals surface area contributed by atoms with Gasteiger partial charge in [0.1, 0.15) is 11.1 Å². The molecule has 2 heterocycles. The first kappa shape index (κ1) is 19.3. The molecule has 0 saturated heterocycles. The van der Waals surface area contributed by atoms with E-state index in [4.69, 9.17) is 0 Å². The number of hydrazone groups is 1. The zero-order valence-electron chi connectivity index (χ0n) is 15.4. The number of aromatic amines is 1. The molecule has 152 valence electrons. The summed E-state index contributed by atoms with van der Waals surface area (Å²) in [5, 5.41) is 11.4. The normalized spacial score (nSPS) is 12.1. The first-order valence-corrected chi connectivity index (χ1v) is 8.60. The van der Waals surface area contributed by atoms with Crippen molar-refractivity contribution in [3.63, 3.8) is 0 Å². The van der Waals surface area contributed by atoms with Crippen LogP contribution in [0.2, 0.25) is 0 Å². The van der Waals surface area contributed by atoms with E-state index in [1.807, 2.05) is 0 Å². The molecule has 0 aliphatic rings. The van der Waals surface area contributed by atoms with Crippen LogP contribution in [0, 0.1) is 0 Å². The van der Waals surface area contributed by atoms with E-state index in [1.165, 1.54) is 12.3 Å². The van der Waals surface area contributed by atoms with Crippen LogP contribution in [-0.2, 0) is 13.2 Å². The van der Waals surface area contributed by atoms with Crippen molar-refractivity contribution in [2.24, 2.45) is 12.1 Å². The van der Waals surface area contributed by atoms with Crippen LogP contribution in [0.25, 0.3) is 21.9 Å². The first-order chi connectivity index (χ1) is 14.3. The molecule has 0 fully saturated rings. The summed E-state index contributed by atoms with van der Waals surface area (Å²) in [7, 11) is 1.75. The standard InChI is InChI=1S/C19H13F3N6O2/c1-28-15-6-5-10(7-14(15)25-27-28)8-24-26-18(30)12-9-23-16-11(17(12)29)3-2-4-13(16)19(20,21)22/h2-9H,1H3,(H,23,29)(H,26,30)/b24-8-. The van der Waals surface area contributed by atoms with Gasteiger partial charge in [0.2, 0.25) is 5.43 Å². The Labute approximate surface area is 166 Å². The Morgan fingerprint density at radius 2 is 2.07 bits per heavy atom. The number of aryl methyl sites for hydroxylation is 1. The number of carbonyl (C=O) groups is 1. The molecule has 2 aromatic heterocycles. The number of nitrogens with zero attached hydrogens (tertiary/aromatic N) is 4. The van der Waals surface area contributed by atoms with Crippen LogP contribution >= 0.6 is 0 Å². The minimum absolute atomic E-state index is 0.241. The predicted octanol–water partition coefficient (Wildman–Crippen LogP) is 2.59. The lowest BCUT2D eigenvalue weighted by molar-refractivity contribution is -0.136. The zero-order chi connectivity index (χ0) is 21.5. The molecule has 4 rings (SSSR count). The molecule has 0 aliphatic heterocycles. The highest BCUT2D eigenvalue weighted by Crippen LogP contribution is 2.32. The quantitative estimate of drug-likeness (QED) is 0.397. The number of hydrogen-bond donors (Lipinski definition) is 2. The monoisotopic (exact) mass is 414 g/mol.